The van der Waals surface area contributed by atoms with Gasteiger partial charge in [-0.05, 0) is 31.5 Å². The Balaban J connectivity index is 1.70. The number of nitrogens with zero attached hydrogens (tertiary/aromatic N) is 3. The number of morpholine rings is 1. The number of hydrogen-bond donors (Lipinski definition) is 1. The van der Waals surface area contributed by atoms with Crippen molar-refractivity contribution in [3.8, 4) is 0 Å². The smallest absolute Gasteiger partial charge is 0.272 e. The molecule has 0 aromatic carbocycles. The van der Waals surface area contributed by atoms with E-state index in [4.69, 9.17) is 9.84 Å². The molecule has 2 saturated heterocycles. The molecule has 0 spiro atoms. The largest absolute Gasteiger partial charge is 0.395 e. The Labute approximate surface area is 137 Å². The summed E-state index contributed by atoms with van der Waals surface area (Å²) in [4.78, 5) is 21.3. The number of β-amino-alcohol motifs (C(OH)–C–C–N with tert-alkyl or cyclic N) is 1. The molecular formula is C17H25N3O3. The van der Waals surface area contributed by atoms with E-state index in [1.54, 1.807) is 6.07 Å². The summed E-state index contributed by atoms with van der Waals surface area (Å²) in [6, 6.07) is 5.75. The van der Waals surface area contributed by atoms with Gasteiger partial charge in [0.1, 0.15) is 5.69 Å². The lowest BCUT2D eigenvalue weighted by Crippen LogP contribution is -2.41. The Morgan fingerprint density at radius 2 is 2.13 bits per heavy atom. The first-order chi connectivity index (χ1) is 11.3. The summed E-state index contributed by atoms with van der Waals surface area (Å²) in [5.41, 5.74) is 1.52. The Morgan fingerprint density at radius 1 is 1.30 bits per heavy atom. The van der Waals surface area contributed by atoms with Gasteiger partial charge in [0.2, 0.25) is 0 Å². The monoisotopic (exact) mass is 319 g/mol. The molecule has 3 heterocycles. The highest BCUT2D eigenvalue weighted by Crippen LogP contribution is 2.25. The van der Waals surface area contributed by atoms with Gasteiger partial charge in [-0.2, -0.15) is 0 Å². The van der Waals surface area contributed by atoms with Gasteiger partial charge in [0.05, 0.1) is 19.8 Å². The van der Waals surface area contributed by atoms with E-state index in [0.29, 0.717) is 44.5 Å². The number of aromatic nitrogens is 1. The van der Waals surface area contributed by atoms with Gasteiger partial charge < -0.3 is 19.6 Å². The van der Waals surface area contributed by atoms with E-state index in [2.05, 4.69) is 9.88 Å². The van der Waals surface area contributed by atoms with Gasteiger partial charge in [-0.3, -0.25) is 4.79 Å². The minimum Gasteiger partial charge on any atom is -0.395 e. The number of piperidine rings is 1. The van der Waals surface area contributed by atoms with Crippen LogP contribution in [0.2, 0.25) is 0 Å². The van der Waals surface area contributed by atoms with Gasteiger partial charge in [0.15, 0.2) is 0 Å². The van der Waals surface area contributed by atoms with Gasteiger partial charge in [0, 0.05) is 37.8 Å². The van der Waals surface area contributed by atoms with E-state index in [-0.39, 0.29) is 12.5 Å². The second-order valence-corrected chi connectivity index (χ2v) is 6.22. The number of aliphatic hydroxyl groups is 1. The van der Waals surface area contributed by atoms with Crippen LogP contribution >= 0.6 is 0 Å². The highest BCUT2D eigenvalue weighted by Gasteiger charge is 2.24. The molecule has 0 aliphatic carbocycles. The van der Waals surface area contributed by atoms with Crippen LogP contribution in [0.25, 0.3) is 0 Å². The van der Waals surface area contributed by atoms with Crippen molar-refractivity contribution in [2.24, 2.45) is 0 Å². The normalized spacial score (nSPS) is 23.0. The first kappa shape index (κ1) is 16.4. The number of carbonyl (C=O) groups excluding carboxylic acids is 1. The molecule has 2 aliphatic rings. The fourth-order valence-corrected chi connectivity index (χ4v) is 3.37. The zero-order valence-corrected chi connectivity index (χ0v) is 13.5. The summed E-state index contributed by atoms with van der Waals surface area (Å²) >= 11 is 0. The molecule has 2 aliphatic heterocycles. The second-order valence-electron chi connectivity index (χ2n) is 6.22. The maximum atomic E-state index is 12.6. The third kappa shape index (κ3) is 4.07. The van der Waals surface area contributed by atoms with Crippen LogP contribution in [0.1, 0.15) is 34.9 Å². The quantitative estimate of drug-likeness (QED) is 0.886. The van der Waals surface area contributed by atoms with Crippen molar-refractivity contribution >= 4 is 5.91 Å². The number of rotatable bonds is 4. The summed E-state index contributed by atoms with van der Waals surface area (Å²) in [6.07, 6.45) is 2.19. The fourth-order valence-electron chi connectivity index (χ4n) is 3.37. The zero-order valence-electron chi connectivity index (χ0n) is 13.5. The molecule has 23 heavy (non-hydrogen) atoms. The van der Waals surface area contributed by atoms with Crippen molar-refractivity contribution < 1.29 is 14.6 Å². The third-order valence-corrected chi connectivity index (χ3v) is 4.63. The molecule has 1 atom stereocenters. The average Bonchev–Trinajstić information content (AvgIpc) is 2.62. The van der Waals surface area contributed by atoms with Crippen LogP contribution in [-0.2, 0) is 4.74 Å². The topological polar surface area (TPSA) is 65.9 Å². The van der Waals surface area contributed by atoms with Crippen LogP contribution in [0.4, 0.5) is 0 Å². The molecule has 0 radical (unpaired) electrons. The van der Waals surface area contributed by atoms with Gasteiger partial charge in [0.25, 0.3) is 5.91 Å². The lowest BCUT2D eigenvalue weighted by molar-refractivity contribution is 0.0298. The molecule has 1 amide bonds. The van der Waals surface area contributed by atoms with Crippen LogP contribution in [0.15, 0.2) is 18.2 Å². The molecule has 2 fully saturated rings. The third-order valence-electron chi connectivity index (χ3n) is 4.63. The maximum Gasteiger partial charge on any atom is 0.272 e. The highest BCUT2D eigenvalue weighted by molar-refractivity contribution is 5.92. The van der Waals surface area contributed by atoms with E-state index in [1.165, 1.54) is 0 Å². The summed E-state index contributed by atoms with van der Waals surface area (Å²) in [5, 5.41) is 9.12. The summed E-state index contributed by atoms with van der Waals surface area (Å²) < 4.78 is 5.30. The van der Waals surface area contributed by atoms with E-state index in [0.717, 1.165) is 31.6 Å². The van der Waals surface area contributed by atoms with Gasteiger partial charge in [-0.1, -0.05) is 6.07 Å². The van der Waals surface area contributed by atoms with Gasteiger partial charge >= 0.3 is 0 Å². The predicted molar refractivity (Wildman–Crippen MR) is 86.5 cm³/mol. The van der Waals surface area contributed by atoms with E-state index in [9.17, 15) is 4.79 Å². The van der Waals surface area contributed by atoms with Crippen LogP contribution in [0.3, 0.4) is 0 Å². The number of amides is 1. The standard InChI is InChI=1S/C17H25N3O3/c21-10-7-19-6-2-3-14(13-19)15-4-1-5-16(18-15)17(22)20-8-11-23-12-9-20/h1,4-5,14,21H,2-3,6-13H2/t14-/m1/s1. The second kappa shape index (κ2) is 7.86. The number of likely N-dealkylation sites (tertiary alicyclic amines) is 1. The maximum absolute atomic E-state index is 12.6. The number of pyridine rings is 1. The Hall–Kier alpha value is -1.50. The average molecular weight is 319 g/mol. The van der Waals surface area contributed by atoms with Crippen LogP contribution in [0.5, 0.6) is 0 Å². The van der Waals surface area contributed by atoms with Crippen molar-refractivity contribution in [1.82, 2.24) is 14.8 Å². The molecular weight excluding hydrogens is 294 g/mol. The highest BCUT2D eigenvalue weighted by atomic mass is 16.5. The van der Waals surface area contributed by atoms with Gasteiger partial charge in [-0.15, -0.1) is 0 Å². The summed E-state index contributed by atoms with van der Waals surface area (Å²) in [6.45, 7) is 5.32. The Bertz CT molecular complexity index is 530. The molecule has 0 saturated carbocycles. The zero-order chi connectivity index (χ0) is 16.1. The van der Waals surface area contributed by atoms with Gasteiger partial charge in [-0.25, -0.2) is 4.98 Å². The van der Waals surface area contributed by atoms with Crippen molar-refractivity contribution in [1.29, 1.82) is 0 Å². The number of hydrogen-bond acceptors (Lipinski definition) is 5. The molecule has 1 aromatic rings. The summed E-state index contributed by atoms with van der Waals surface area (Å²) in [5.74, 6) is 0.339. The first-order valence-corrected chi connectivity index (χ1v) is 8.45. The minimum atomic E-state index is -0.00169. The molecule has 126 valence electrons. The lowest BCUT2D eigenvalue weighted by atomic mass is 9.94. The predicted octanol–water partition coefficient (Wildman–Crippen LogP) is 0.726. The van der Waals surface area contributed by atoms with Crippen molar-refractivity contribution in [3.05, 3.63) is 29.6 Å². The fraction of sp³-hybridized carbons (Fsp3) is 0.647. The molecule has 6 heteroatoms. The lowest BCUT2D eigenvalue weighted by Gasteiger charge is -2.32. The van der Waals surface area contributed by atoms with Crippen LogP contribution < -0.4 is 0 Å². The summed E-state index contributed by atoms with van der Waals surface area (Å²) in [7, 11) is 0. The SMILES string of the molecule is O=C(c1cccc([C@@H]2CCCN(CCO)C2)n1)N1CCOCC1. The minimum absolute atomic E-state index is 0.00169. The van der Waals surface area contributed by atoms with E-state index >= 15 is 0 Å². The van der Waals surface area contributed by atoms with Crippen molar-refractivity contribution in [2.75, 3.05) is 52.5 Å². The Kier molecular flexibility index (Phi) is 5.59. The first-order valence-electron chi connectivity index (χ1n) is 8.45. The van der Waals surface area contributed by atoms with Crippen molar-refractivity contribution in [2.45, 2.75) is 18.8 Å². The van der Waals surface area contributed by atoms with E-state index < -0.39 is 0 Å². The molecule has 0 unspecified atom stereocenters. The van der Waals surface area contributed by atoms with Crippen LogP contribution in [-0.4, -0.2) is 78.3 Å². The van der Waals surface area contributed by atoms with E-state index in [1.807, 2.05) is 17.0 Å². The van der Waals surface area contributed by atoms with Crippen LogP contribution in [0, 0.1) is 0 Å². The molecule has 1 N–H and O–H groups in total. The Morgan fingerprint density at radius 3 is 2.91 bits per heavy atom. The number of aliphatic hydroxyl groups excluding tert-OH is 1. The molecule has 1 aromatic heterocycles. The van der Waals surface area contributed by atoms with Crippen molar-refractivity contribution in [3.63, 3.8) is 0 Å². The molecule has 0 bridgehead atoms. The number of ether oxygens (including phenoxy) is 1. The number of carbonyl (C=O) groups is 1. The molecule has 6 nitrogen and oxygen atoms in total. The molecule has 3 rings (SSSR count).